The molecule has 1 aliphatic heterocycles. The summed E-state index contributed by atoms with van der Waals surface area (Å²) < 4.78 is 34.8. The molecule has 0 radical (unpaired) electrons. The van der Waals surface area contributed by atoms with E-state index in [0.717, 1.165) is 9.80 Å². The Hall–Kier alpha value is -7.79. The monoisotopic (exact) mass is 1410 g/mol. The fourth-order valence-electron chi connectivity index (χ4n) is 12.8. The molecule has 0 spiro atoms. The lowest BCUT2D eigenvalue weighted by molar-refractivity contribution is -0.157. The molecule has 1 saturated heterocycles. The van der Waals surface area contributed by atoms with Gasteiger partial charge in [0.15, 0.2) is 0 Å². The lowest BCUT2D eigenvalue weighted by Crippen LogP contribution is -2.63. The second kappa shape index (κ2) is 35.5. The molecule has 1 fully saturated rings. The first-order valence-electron chi connectivity index (χ1n) is 34.4. The number of aliphatic hydroxyl groups excluding tert-OH is 1. The molecule has 0 bridgehead atoms. The number of nitrogens with one attached hydrogen (secondary N) is 5. The Kier molecular flexibility index (Phi) is 30.0. The number of hydrogen-bond donors (Lipinski definition) is 7. The average Bonchev–Trinajstić information content (AvgIpc) is 1.75. The molecule has 0 saturated carbocycles. The summed E-state index contributed by atoms with van der Waals surface area (Å²) in [5.41, 5.74) is 0.808. The number of likely N-dealkylation sites (N-methyl/N-ethyl adjacent to an activating group) is 7. The van der Waals surface area contributed by atoms with Gasteiger partial charge in [0.05, 0.1) is 23.7 Å². The van der Waals surface area contributed by atoms with Crippen LogP contribution in [0.5, 0.6) is 0 Å². The van der Waals surface area contributed by atoms with Crippen molar-refractivity contribution < 1.29 is 70.8 Å². The number of fused-ring (bicyclic) bond motifs is 3. The van der Waals surface area contributed by atoms with E-state index >= 15 is 19.2 Å². The summed E-state index contributed by atoms with van der Waals surface area (Å²) in [6.07, 6.45) is -1.47. The third-order valence-electron chi connectivity index (χ3n) is 18.6. The highest BCUT2D eigenvalue weighted by atomic mass is 32.2. The first kappa shape index (κ1) is 83.6. The predicted octanol–water partition coefficient (Wildman–Crippen LogP) is 3.82. The number of rotatable bonds is 16. The van der Waals surface area contributed by atoms with E-state index < -0.39 is 166 Å². The highest BCUT2D eigenvalue weighted by molar-refractivity contribution is 7.86. The quantitative estimate of drug-likeness (QED) is 0.100. The Balaban J connectivity index is 1.94. The van der Waals surface area contributed by atoms with Gasteiger partial charge in [0.1, 0.15) is 71.1 Å². The van der Waals surface area contributed by atoms with Gasteiger partial charge in [-0.1, -0.05) is 115 Å². The van der Waals surface area contributed by atoms with Crippen LogP contribution in [0.2, 0.25) is 0 Å². The summed E-state index contributed by atoms with van der Waals surface area (Å²) in [5, 5.41) is 24.2. The molecule has 2 heterocycles. The molecule has 99 heavy (non-hydrogen) atoms. The van der Waals surface area contributed by atoms with Crippen molar-refractivity contribution in [2.24, 2.45) is 41.4 Å². The summed E-state index contributed by atoms with van der Waals surface area (Å²) in [6.45, 7) is 27.0. The maximum atomic E-state index is 15.5. The van der Waals surface area contributed by atoms with Gasteiger partial charge >= 0.3 is 0 Å². The Bertz CT molecular complexity index is 3520. The number of H-pyrrole nitrogens is 1. The topological polar surface area (TPSA) is 362 Å². The number of aromatic nitrogens is 2. The molecule has 12 atom stereocenters. The van der Waals surface area contributed by atoms with Crippen molar-refractivity contribution in [3.63, 3.8) is 0 Å². The van der Waals surface area contributed by atoms with Crippen molar-refractivity contribution in [2.45, 2.75) is 221 Å². The smallest absolute Gasteiger partial charge is 0.295 e. The van der Waals surface area contributed by atoms with E-state index in [9.17, 15) is 51.6 Å². The number of carbonyl (C=O) groups excluding carboxylic acids is 11. The minimum absolute atomic E-state index is 0.0667. The molecular weight excluding hydrogens is 1290 g/mol. The van der Waals surface area contributed by atoms with Crippen LogP contribution < -0.4 is 21.3 Å². The van der Waals surface area contributed by atoms with E-state index in [1.165, 1.54) is 106 Å². The van der Waals surface area contributed by atoms with Crippen molar-refractivity contribution in [1.29, 1.82) is 0 Å². The van der Waals surface area contributed by atoms with E-state index in [4.69, 9.17) is 4.98 Å². The van der Waals surface area contributed by atoms with Crippen LogP contribution in [0, 0.1) is 41.4 Å². The fourth-order valence-corrected chi connectivity index (χ4v) is 13.5. The molecule has 28 nitrogen and oxygen atoms in total. The Morgan fingerprint density at radius 3 is 1.48 bits per heavy atom. The number of nitrogens with zero attached hydrogens (tertiary/aromatic N) is 8. The van der Waals surface area contributed by atoms with Gasteiger partial charge in [0.2, 0.25) is 65.0 Å². The first-order chi connectivity index (χ1) is 45.8. The van der Waals surface area contributed by atoms with Gasteiger partial charge in [-0.3, -0.25) is 57.3 Å². The molecule has 1 aliphatic rings. The first-order valence-corrected chi connectivity index (χ1v) is 35.9. The van der Waals surface area contributed by atoms with Crippen LogP contribution in [0.3, 0.4) is 0 Å². The van der Waals surface area contributed by atoms with Gasteiger partial charge in [0.25, 0.3) is 10.1 Å². The summed E-state index contributed by atoms with van der Waals surface area (Å²) in [7, 11) is 5.03. The molecule has 1 unspecified atom stereocenters. The lowest BCUT2D eigenvalue weighted by Gasteiger charge is -2.41. The van der Waals surface area contributed by atoms with Crippen molar-refractivity contribution >= 4 is 96.9 Å². The normalized spacial score (nSPS) is 25.0. The molecule has 3 aromatic rings. The van der Waals surface area contributed by atoms with Crippen LogP contribution in [0.1, 0.15) is 149 Å². The van der Waals surface area contributed by atoms with Crippen LogP contribution in [0.15, 0.2) is 35.2 Å². The number of hydrogen-bond acceptors (Lipinski definition) is 15. The van der Waals surface area contributed by atoms with E-state index in [1.807, 2.05) is 55.4 Å². The molecule has 1 aromatic heterocycles. The maximum absolute atomic E-state index is 15.5. The number of amides is 11. The highest BCUT2D eigenvalue weighted by Gasteiger charge is 2.46. The molecule has 554 valence electrons. The number of carbonyl (C=O) groups is 11. The van der Waals surface area contributed by atoms with Crippen LogP contribution >= 0.6 is 0 Å². The molecule has 11 amide bonds. The third-order valence-corrected chi connectivity index (χ3v) is 19.6. The summed E-state index contributed by atoms with van der Waals surface area (Å²) in [5.74, 6) is -10.7. The minimum Gasteiger partial charge on any atom is -0.390 e. The summed E-state index contributed by atoms with van der Waals surface area (Å²) >= 11 is 0. The zero-order chi connectivity index (χ0) is 75.5. The standard InChI is InChI=1S/C70H113N13O15S/c1-24-47-66(91)77(17)35-55(84)78(18)49(30-36(2)3)63(88)76-56(40(10)11)69(94)79(19)50(31-37(4)5)62(87)71-43(15)61(86)72-44(16)65(90)80(20)51(32-38(6)7)67(92)81(21)52(33-39(8)9)68(93)82(22)58(41(12)13)70(95)83(23)59(64(89)74-47)60(85)42(14)34-54-73-48-29-28-45-46(57(48)75-54)26-25-27-53(45)99(96,97)98/h25-29,36-44,47,49-52,56,58-60,85H,24,30-35H2,1-23H3,(H,71,87)(H,72,86)(H,73,75)(H,74,89)(H,76,88)(H,96,97,98)/t42-,43+,44-,47+,49+,50+,51+,52+,56+,58+,59?,60-/m1/s1. The Labute approximate surface area is 584 Å². The number of benzene rings is 2. The van der Waals surface area contributed by atoms with Crippen molar-refractivity contribution in [3.8, 4) is 0 Å². The highest BCUT2D eigenvalue weighted by Crippen LogP contribution is 2.31. The van der Waals surface area contributed by atoms with Crippen molar-refractivity contribution in [3.05, 3.63) is 36.2 Å². The summed E-state index contributed by atoms with van der Waals surface area (Å²) in [4.78, 5) is 178. The molecular formula is C70H113N13O15S. The van der Waals surface area contributed by atoms with Crippen LogP contribution in [0.25, 0.3) is 21.8 Å². The van der Waals surface area contributed by atoms with Gasteiger partial charge in [-0.2, -0.15) is 8.42 Å². The predicted molar refractivity (Wildman–Crippen MR) is 376 cm³/mol. The van der Waals surface area contributed by atoms with Gasteiger partial charge in [0, 0.05) is 66.5 Å². The second-order valence-corrected chi connectivity index (χ2v) is 30.9. The van der Waals surface area contributed by atoms with Crippen molar-refractivity contribution in [1.82, 2.24) is 65.5 Å². The van der Waals surface area contributed by atoms with E-state index in [0.29, 0.717) is 16.4 Å². The molecule has 2 aromatic carbocycles. The van der Waals surface area contributed by atoms with Crippen LogP contribution in [0.4, 0.5) is 0 Å². The van der Waals surface area contributed by atoms with E-state index in [2.05, 4.69) is 26.3 Å². The number of aliphatic hydroxyl groups is 1. The fraction of sp³-hybridized carbons (Fsp3) is 0.686. The maximum Gasteiger partial charge on any atom is 0.295 e. The largest absolute Gasteiger partial charge is 0.390 e. The number of aromatic amines is 1. The average molecular weight is 1410 g/mol. The molecule has 29 heteroatoms. The van der Waals surface area contributed by atoms with Crippen LogP contribution in [-0.4, -0.2) is 250 Å². The Morgan fingerprint density at radius 1 is 0.505 bits per heavy atom. The van der Waals surface area contributed by atoms with Crippen molar-refractivity contribution in [2.75, 3.05) is 55.9 Å². The molecule has 4 rings (SSSR count). The second-order valence-electron chi connectivity index (χ2n) is 29.5. The third kappa shape index (κ3) is 20.9. The molecule has 0 aliphatic carbocycles. The van der Waals surface area contributed by atoms with Gasteiger partial charge in [-0.05, 0) is 99.5 Å². The van der Waals surface area contributed by atoms with Gasteiger partial charge in [-0.15, -0.1) is 0 Å². The van der Waals surface area contributed by atoms with Gasteiger partial charge < -0.3 is 65.7 Å². The van der Waals surface area contributed by atoms with Gasteiger partial charge in [-0.25, -0.2) is 4.98 Å². The zero-order valence-electron chi connectivity index (χ0n) is 62.4. The summed E-state index contributed by atoms with van der Waals surface area (Å²) in [6, 6.07) is -5.69. The lowest BCUT2D eigenvalue weighted by atomic mass is 9.91. The van der Waals surface area contributed by atoms with Crippen LogP contribution in [-0.2, 0) is 69.3 Å². The molecule has 7 N–H and O–H groups in total. The Morgan fingerprint density at radius 2 is 0.980 bits per heavy atom. The minimum atomic E-state index is -4.64. The van der Waals surface area contributed by atoms with E-state index in [1.54, 1.807) is 53.7 Å². The SMILES string of the molecule is CC[C@@H]1NC(=O)C([C@H](O)[C@H](C)Cc2nc3c(ccc4c(S(=O)(=O)O)cccc43)[nH]2)N(C)C(=O)[C@H](C(C)C)N(C)C(=O)[C@H](CC(C)C)N(C)C(=O)[C@H](CC(C)C)N(C)C(=O)[C@@H](C)NC(=O)[C@H](C)NC(=O)[C@H](CC(C)C)N(C)C(=O)[C@H](C(C)C)NC(=O)[C@H](CC(C)C)N(C)C(=O)CN(C)C1=O. The number of imidazole rings is 1. The zero-order valence-corrected chi connectivity index (χ0v) is 63.2. The van der Waals surface area contributed by atoms with E-state index in [-0.39, 0.29) is 78.3 Å².